The first-order valence-corrected chi connectivity index (χ1v) is 6.56. The Bertz CT molecular complexity index is 532. The van der Waals surface area contributed by atoms with E-state index in [2.05, 4.69) is 5.32 Å². The summed E-state index contributed by atoms with van der Waals surface area (Å²) in [5.74, 6) is -0.611. The van der Waals surface area contributed by atoms with Crippen LogP contribution < -0.4 is 10.5 Å². The lowest BCUT2D eigenvalue weighted by atomic mass is 10.3. The Morgan fingerprint density at radius 1 is 1.50 bits per heavy atom. The van der Waals surface area contributed by atoms with Crippen molar-refractivity contribution in [3.05, 3.63) is 18.0 Å². The number of amides is 1. The van der Waals surface area contributed by atoms with Crippen molar-refractivity contribution in [1.29, 1.82) is 0 Å². The van der Waals surface area contributed by atoms with Gasteiger partial charge < -0.3 is 20.1 Å². The molecule has 8 nitrogen and oxygen atoms in total. The summed E-state index contributed by atoms with van der Waals surface area (Å²) in [5, 5.41) is 24.9. The first-order chi connectivity index (χ1) is 8.29. The fourth-order valence-electron chi connectivity index (χ4n) is 1.32. The Morgan fingerprint density at radius 2 is 2.06 bits per heavy atom. The molecule has 0 radical (unpaired) electrons. The second kappa shape index (κ2) is 5.48. The maximum absolute atomic E-state index is 11.7. The molecular formula is C9H15N3O5S. The Kier molecular flexibility index (Phi) is 4.46. The standard InChI is InChI=1S/C9H15N3O5S/c1-12-3-7(18(10,16)17)2-8(12)9(15)11-6(4-13)5-14/h2-3,6,13-14H,4-5H2,1H3,(H,11,15)(H2,10,16,17). The smallest absolute Gasteiger partial charge is 0.268 e. The van der Waals surface area contributed by atoms with Crippen LogP contribution >= 0.6 is 0 Å². The third-order valence-corrected chi connectivity index (χ3v) is 3.20. The second-order valence-corrected chi connectivity index (χ2v) is 5.31. The number of primary sulfonamides is 1. The Hall–Kier alpha value is -1.42. The Morgan fingerprint density at radius 3 is 2.44 bits per heavy atom. The molecule has 1 heterocycles. The SMILES string of the molecule is Cn1cc(S(N)(=O)=O)cc1C(=O)NC(CO)CO. The van der Waals surface area contributed by atoms with Crippen LogP contribution in [-0.2, 0) is 17.1 Å². The van der Waals surface area contributed by atoms with Crippen molar-refractivity contribution in [2.75, 3.05) is 13.2 Å². The fraction of sp³-hybridized carbons (Fsp3) is 0.444. The highest BCUT2D eigenvalue weighted by Crippen LogP contribution is 2.11. The number of carbonyl (C=O) groups excluding carboxylic acids is 1. The van der Waals surface area contributed by atoms with Crippen molar-refractivity contribution in [1.82, 2.24) is 9.88 Å². The van der Waals surface area contributed by atoms with E-state index in [0.29, 0.717) is 0 Å². The van der Waals surface area contributed by atoms with Crippen molar-refractivity contribution in [3.63, 3.8) is 0 Å². The van der Waals surface area contributed by atoms with Gasteiger partial charge in [-0.25, -0.2) is 13.6 Å². The number of nitrogens with two attached hydrogens (primary N) is 1. The molecule has 0 aromatic carbocycles. The van der Waals surface area contributed by atoms with E-state index >= 15 is 0 Å². The zero-order valence-electron chi connectivity index (χ0n) is 9.70. The molecule has 1 aromatic rings. The maximum atomic E-state index is 11.7. The minimum absolute atomic E-state index is 0.0610. The molecule has 1 rings (SSSR count). The summed E-state index contributed by atoms with van der Waals surface area (Å²) in [6.45, 7) is -0.844. The quantitative estimate of drug-likeness (QED) is 0.482. The Labute approximate surface area is 104 Å². The topological polar surface area (TPSA) is 135 Å². The van der Waals surface area contributed by atoms with E-state index in [1.807, 2.05) is 0 Å². The van der Waals surface area contributed by atoms with Crippen molar-refractivity contribution < 1.29 is 23.4 Å². The van der Waals surface area contributed by atoms with E-state index in [-0.39, 0.29) is 10.6 Å². The predicted molar refractivity (Wildman–Crippen MR) is 62.2 cm³/mol. The summed E-state index contributed by atoms with van der Waals surface area (Å²) in [4.78, 5) is 11.6. The van der Waals surface area contributed by atoms with Gasteiger partial charge in [0.1, 0.15) is 10.6 Å². The molecule has 0 bridgehead atoms. The highest BCUT2D eigenvalue weighted by molar-refractivity contribution is 7.89. The van der Waals surface area contributed by atoms with Gasteiger partial charge in [-0.05, 0) is 6.07 Å². The summed E-state index contributed by atoms with van der Waals surface area (Å²) in [6.07, 6.45) is 1.21. The lowest BCUT2D eigenvalue weighted by molar-refractivity contribution is 0.0871. The highest BCUT2D eigenvalue weighted by Gasteiger charge is 2.19. The van der Waals surface area contributed by atoms with Gasteiger partial charge in [-0.2, -0.15) is 0 Å². The molecule has 5 N–H and O–H groups in total. The number of aryl methyl sites for hydroxylation is 1. The zero-order chi connectivity index (χ0) is 13.9. The molecule has 0 aliphatic rings. The van der Waals surface area contributed by atoms with Crippen molar-refractivity contribution in [2.45, 2.75) is 10.9 Å². The maximum Gasteiger partial charge on any atom is 0.268 e. The van der Waals surface area contributed by atoms with E-state index < -0.39 is 35.2 Å². The number of aliphatic hydroxyl groups excluding tert-OH is 2. The van der Waals surface area contributed by atoms with E-state index in [9.17, 15) is 13.2 Å². The molecular weight excluding hydrogens is 262 g/mol. The lowest BCUT2D eigenvalue weighted by Gasteiger charge is -2.13. The molecule has 1 aromatic heterocycles. The first-order valence-electron chi connectivity index (χ1n) is 5.01. The lowest BCUT2D eigenvalue weighted by Crippen LogP contribution is -2.40. The van der Waals surface area contributed by atoms with Gasteiger partial charge in [-0.1, -0.05) is 0 Å². The molecule has 0 saturated heterocycles. The molecule has 102 valence electrons. The van der Waals surface area contributed by atoms with Gasteiger partial charge in [-0.15, -0.1) is 0 Å². The third kappa shape index (κ3) is 3.29. The van der Waals surface area contributed by atoms with Crippen LogP contribution in [0.4, 0.5) is 0 Å². The largest absolute Gasteiger partial charge is 0.394 e. The first kappa shape index (κ1) is 14.6. The molecule has 0 saturated carbocycles. The average molecular weight is 277 g/mol. The van der Waals surface area contributed by atoms with Gasteiger partial charge in [0.25, 0.3) is 5.91 Å². The van der Waals surface area contributed by atoms with E-state index in [1.54, 1.807) is 0 Å². The van der Waals surface area contributed by atoms with Crippen molar-refractivity contribution in [3.8, 4) is 0 Å². The van der Waals surface area contributed by atoms with Gasteiger partial charge in [0.05, 0.1) is 19.3 Å². The van der Waals surface area contributed by atoms with Gasteiger partial charge in [0.15, 0.2) is 0 Å². The molecule has 9 heteroatoms. The molecule has 18 heavy (non-hydrogen) atoms. The molecule has 0 aliphatic carbocycles. The number of hydrogen-bond acceptors (Lipinski definition) is 5. The number of nitrogens with zero attached hydrogens (tertiary/aromatic N) is 1. The number of sulfonamides is 1. The number of rotatable bonds is 5. The Balaban J connectivity index is 2.97. The second-order valence-electron chi connectivity index (χ2n) is 3.75. The number of hydrogen-bond donors (Lipinski definition) is 4. The molecule has 0 fully saturated rings. The number of carbonyl (C=O) groups is 1. The number of aliphatic hydroxyl groups is 2. The zero-order valence-corrected chi connectivity index (χ0v) is 10.5. The summed E-state index contributed by atoms with van der Waals surface area (Å²) >= 11 is 0. The van der Waals surface area contributed by atoms with Crippen LogP contribution in [0.15, 0.2) is 17.2 Å². The average Bonchev–Trinajstić information content (AvgIpc) is 2.67. The summed E-state index contributed by atoms with van der Waals surface area (Å²) in [6, 6.07) is 0.321. The minimum Gasteiger partial charge on any atom is -0.394 e. The highest BCUT2D eigenvalue weighted by atomic mass is 32.2. The number of nitrogens with one attached hydrogen (secondary N) is 1. The van der Waals surface area contributed by atoms with Gasteiger partial charge in [0.2, 0.25) is 10.0 Å². The van der Waals surface area contributed by atoms with Gasteiger partial charge in [-0.3, -0.25) is 4.79 Å². The van der Waals surface area contributed by atoms with Crippen LogP contribution in [-0.4, -0.2) is 48.4 Å². The van der Waals surface area contributed by atoms with Gasteiger partial charge >= 0.3 is 0 Å². The van der Waals surface area contributed by atoms with Crippen LogP contribution in [0, 0.1) is 0 Å². The predicted octanol–water partition coefficient (Wildman–Crippen LogP) is -2.24. The summed E-state index contributed by atoms with van der Waals surface area (Å²) < 4.78 is 23.5. The molecule has 0 spiro atoms. The molecule has 0 atom stereocenters. The van der Waals surface area contributed by atoms with Gasteiger partial charge in [0, 0.05) is 13.2 Å². The monoisotopic (exact) mass is 277 g/mol. The summed E-state index contributed by atoms with van der Waals surface area (Å²) in [5.41, 5.74) is 0.0610. The minimum atomic E-state index is -3.88. The van der Waals surface area contributed by atoms with Crippen molar-refractivity contribution in [2.24, 2.45) is 12.2 Å². The van der Waals surface area contributed by atoms with Crippen LogP contribution in [0.2, 0.25) is 0 Å². The molecule has 0 aliphatic heterocycles. The molecule has 0 unspecified atom stereocenters. The van der Waals surface area contributed by atoms with Crippen LogP contribution in [0.25, 0.3) is 0 Å². The number of aromatic nitrogens is 1. The fourth-order valence-corrected chi connectivity index (χ4v) is 1.90. The molecule has 1 amide bonds. The van der Waals surface area contributed by atoms with Crippen LogP contribution in [0.1, 0.15) is 10.5 Å². The van der Waals surface area contributed by atoms with E-state index in [0.717, 1.165) is 6.07 Å². The van der Waals surface area contributed by atoms with Crippen LogP contribution in [0.5, 0.6) is 0 Å². The van der Waals surface area contributed by atoms with E-state index in [4.69, 9.17) is 15.4 Å². The van der Waals surface area contributed by atoms with Crippen LogP contribution in [0.3, 0.4) is 0 Å². The van der Waals surface area contributed by atoms with Crippen molar-refractivity contribution >= 4 is 15.9 Å². The van der Waals surface area contributed by atoms with E-state index in [1.165, 1.54) is 17.8 Å². The summed E-state index contributed by atoms with van der Waals surface area (Å²) in [7, 11) is -2.39. The normalized spacial score (nSPS) is 11.8. The third-order valence-electron chi connectivity index (χ3n) is 2.32.